The second-order valence-corrected chi connectivity index (χ2v) is 6.06. The lowest BCUT2D eigenvalue weighted by atomic mass is 10.1. The van der Waals surface area contributed by atoms with Crippen molar-refractivity contribution in [1.82, 2.24) is 15.1 Å². The van der Waals surface area contributed by atoms with E-state index < -0.39 is 0 Å². The van der Waals surface area contributed by atoms with Gasteiger partial charge in [-0.15, -0.1) is 0 Å². The van der Waals surface area contributed by atoms with Crippen LogP contribution in [0.1, 0.15) is 12.8 Å². The van der Waals surface area contributed by atoms with Gasteiger partial charge in [0.2, 0.25) is 5.82 Å². The van der Waals surface area contributed by atoms with E-state index in [0.29, 0.717) is 22.8 Å². The van der Waals surface area contributed by atoms with Crippen LogP contribution in [0.15, 0.2) is 47.1 Å². The van der Waals surface area contributed by atoms with Gasteiger partial charge in [0, 0.05) is 24.8 Å². The summed E-state index contributed by atoms with van der Waals surface area (Å²) in [6.45, 7) is 1.58. The van der Waals surface area contributed by atoms with Crippen LogP contribution >= 0.6 is 0 Å². The lowest BCUT2D eigenvalue weighted by Gasteiger charge is -2.30. The molecule has 3 heterocycles. The summed E-state index contributed by atoms with van der Waals surface area (Å²) < 4.78 is 18.6. The molecule has 7 heteroatoms. The molecular formula is C18H17FN4O2. The van der Waals surface area contributed by atoms with Gasteiger partial charge in [0.1, 0.15) is 11.6 Å². The second kappa shape index (κ2) is 6.60. The summed E-state index contributed by atoms with van der Waals surface area (Å²) in [5.74, 6) is 1.19. The quantitative estimate of drug-likeness (QED) is 0.790. The zero-order valence-electron chi connectivity index (χ0n) is 13.5. The van der Waals surface area contributed by atoms with Crippen molar-refractivity contribution in [2.75, 3.05) is 18.0 Å². The largest absolute Gasteiger partial charge is 0.393 e. The Labute approximate surface area is 143 Å². The molecule has 0 radical (unpaired) electrons. The number of benzene rings is 1. The van der Waals surface area contributed by atoms with Gasteiger partial charge in [0.25, 0.3) is 5.89 Å². The molecule has 1 fully saturated rings. The Balaban J connectivity index is 1.53. The average molecular weight is 340 g/mol. The maximum absolute atomic E-state index is 13.3. The zero-order valence-corrected chi connectivity index (χ0v) is 13.5. The van der Waals surface area contributed by atoms with E-state index in [1.54, 1.807) is 18.3 Å². The SMILES string of the molecule is OC1CCN(c2ccc(-c3nc(-c4cccc(F)c4)no3)cn2)CC1. The molecule has 0 bridgehead atoms. The molecule has 2 aromatic heterocycles. The number of aliphatic hydroxyl groups is 1. The fourth-order valence-electron chi connectivity index (χ4n) is 2.88. The zero-order chi connectivity index (χ0) is 17.2. The maximum atomic E-state index is 13.3. The number of pyridine rings is 1. The fraction of sp³-hybridized carbons (Fsp3) is 0.278. The van der Waals surface area contributed by atoms with E-state index in [1.165, 1.54) is 12.1 Å². The number of hydrogen-bond donors (Lipinski definition) is 1. The molecule has 0 amide bonds. The minimum atomic E-state index is -0.346. The molecule has 128 valence electrons. The van der Waals surface area contributed by atoms with E-state index in [1.807, 2.05) is 12.1 Å². The Morgan fingerprint density at radius 3 is 2.68 bits per heavy atom. The van der Waals surface area contributed by atoms with E-state index in [0.717, 1.165) is 31.7 Å². The van der Waals surface area contributed by atoms with Gasteiger partial charge in [0.05, 0.1) is 11.7 Å². The first kappa shape index (κ1) is 15.7. The molecule has 1 N–H and O–H groups in total. The molecule has 3 aromatic rings. The minimum Gasteiger partial charge on any atom is -0.393 e. The summed E-state index contributed by atoms with van der Waals surface area (Å²) in [4.78, 5) is 10.9. The van der Waals surface area contributed by atoms with Gasteiger partial charge in [-0.05, 0) is 37.1 Å². The van der Waals surface area contributed by atoms with Gasteiger partial charge in [-0.25, -0.2) is 9.37 Å². The summed E-state index contributed by atoms with van der Waals surface area (Å²) in [5.41, 5.74) is 1.27. The smallest absolute Gasteiger partial charge is 0.259 e. The predicted octanol–water partition coefficient (Wildman–Crippen LogP) is 2.90. The van der Waals surface area contributed by atoms with Crippen LogP contribution in [0.4, 0.5) is 10.2 Å². The number of aliphatic hydroxyl groups excluding tert-OH is 1. The summed E-state index contributed by atoms with van der Waals surface area (Å²) in [6, 6.07) is 9.83. The maximum Gasteiger partial charge on any atom is 0.259 e. The first-order chi connectivity index (χ1) is 12.2. The normalized spacial score (nSPS) is 15.5. The highest BCUT2D eigenvalue weighted by atomic mass is 19.1. The first-order valence-electron chi connectivity index (χ1n) is 8.18. The average Bonchev–Trinajstić information content (AvgIpc) is 3.13. The molecule has 0 spiro atoms. The van der Waals surface area contributed by atoms with E-state index in [-0.39, 0.29) is 11.9 Å². The number of anilines is 1. The van der Waals surface area contributed by atoms with Crippen molar-refractivity contribution < 1.29 is 14.0 Å². The molecule has 4 rings (SSSR count). The standard InChI is InChI=1S/C18H17FN4O2/c19-14-3-1-2-12(10-14)17-21-18(25-22-17)13-4-5-16(20-11-13)23-8-6-15(24)7-9-23/h1-5,10-11,15,24H,6-9H2. The Bertz CT molecular complexity index is 858. The van der Waals surface area contributed by atoms with E-state index in [4.69, 9.17) is 4.52 Å². The van der Waals surface area contributed by atoms with Crippen LogP contribution in [-0.2, 0) is 0 Å². The molecule has 25 heavy (non-hydrogen) atoms. The van der Waals surface area contributed by atoms with E-state index in [9.17, 15) is 9.50 Å². The molecule has 6 nitrogen and oxygen atoms in total. The molecule has 0 unspecified atom stereocenters. The molecule has 0 aliphatic carbocycles. The molecular weight excluding hydrogens is 323 g/mol. The Hall–Kier alpha value is -2.80. The molecule has 1 saturated heterocycles. The summed E-state index contributed by atoms with van der Waals surface area (Å²) >= 11 is 0. The van der Waals surface area contributed by atoms with Crippen molar-refractivity contribution in [2.24, 2.45) is 0 Å². The summed E-state index contributed by atoms with van der Waals surface area (Å²) in [7, 11) is 0. The van der Waals surface area contributed by atoms with Crippen LogP contribution < -0.4 is 4.90 Å². The summed E-state index contributed by atoms with van der Waals surface area (Å²) in [6.07, 6.45) is 2.98. The van der Waals surface area contributed by atoms with Crippen LogP contribution in [0.3, 0.4) is 0 Å². The third-order valence-electron chi connectivity index (χ3n) is 4.29. The number of halogens is 1. The number of piperidine rings is 1. The number of rotatable bonds is 3. The second-order valence-electron chi connectivity index (χ2n) is 6.06. The lowest BCUT2D eigenvalue weighted by molar-refractivity contribution is 0.145. The van der Waals surface area contributed by atoms with Crippen LogP contribution in [0.25, 0.3) is 22.8 Å². The minimum absolute atomic E-state index is 0.213. The topological polar surface area (TPSA) is 75.3 Å². The van der Waals surface area contributed by atoms with Crippen LogP contribution in [-0.4, -0.2) is 39.4 Å². The highest BCUT2D eigenvalue weighted by molar-refractivity contribution is 5.60. The van der Waals surface area contributed by atoms with Gasteiger partial charge in [-0.1, -0.05) is 17.3 Å². The predicted molar refractivity (Wildman–Crippen MR) is 90.4 cm³/mol. The van der Waals surface area contributed by atoms with Crippen molar-refractivity contribution in [3.63, 3.8) is 0 Å². The van der Waals surface area contributed by atoms with Crippen LogP contribution in [0, 0.1) is 5.82 Å². The fourth-order valence-corrected chi connectivity index (χ4v) is 2.88. The molecule has 1 aliphatic heterocycles. The Morgan fingerprint density at radius 1 is 1.12 bits per heavy atom. The van der Waals surface area contributed by atoms with Gasteiger partial charge in [-0.2, -0.15) is 4.98 Å². The monoisotopic (exact) mass is 340 g/mol. The third kappa shape index (κ3) is 3.36. The van der Waals surface area contributed by atoms with E-state index in [2.05, 4.69) is 20.0 Å². The Morgan fingerprint density at radius 2 is 1.96 bits per heavy atom. The Kier molecular flexibility index (Phi) is 4.15. The van der Waals surface area contributed by atoms with Crippen LogP contribution in [0.5, 0.6) is 0 Å². The highest BCUT2D eigenvalue weighted by Crippen LogP contribution is 2.24. The molecule has 1 aromatic carbocycles. The number of nitrogens with zero attached hydrogens (tertiary/aromatic N) is 4. The number of aromatic nitrogens is 3. The van der Waals surface area contributed by atoms with Crippen molar-refractivity contribution in [2.45, 2.75) is 18.9 Å². The van der Waals surface area contributed by atoms with Gasteiger partial charge in [0.15, 0.2) is 0 Å². The highest BCUT2D eigenvalue weighted by Gasteiger charge is 2.18. The number of hydrogen-bond acceptors (Lipinski definition) is 6. The third-order valence-corrected chi connectivity index (χ3v) is 4.29. The van der Waals surface area contributed by atoms with Crippen molar-refractivity contribution >= 4 is 5.82 Å². The van der Waals surface area contributed by atoms with Crippen molar-refractivity contribution in [3.05, 3.63) is 48.4 Å². The molecule has 1 aliphatic rings. The van der Waals surface area contributed by atoms with Crippen LogP contribution in [0.2, 0.25) is 0 Å². The van der Waals surface area contributed by atoms with Crippen molar-refractivity contribution in [1.29, 1.82) is 0 Å². The van der Waals surface area contributed by atoms with Gasteiger partial charge < -0.3 is 14.5 Å². The van der Waals surface area contributed by atoms with Crippen molar-refractivity contribution in [3.8, 4) is 22.8 Å². The lowest BCUT2D eigenvalue weighted by Crippen LogP contribution is -2.36. The summed E-state index contributed by atoms with van der Waals surface area (Å²) in [5, 5.41) is 13.5. The molecule has 0 saturated carbocycles. The first-order valence-corrected chi connectivity index (χ1v) is 8.18. The molecule has 0 atom stereocenters. The van der Waals surface area contributed by atoms with Gasteiger partial charge in [-0.3, -0.25) is 0 Å². The van der Waals surface area contributed by atoms with E-state index >= 15 is 0 Å². The van der Waals surface area contributed by atoms with Gasteiger partial charge >= 0.3 is 0 Å².